The summed E-state index contributed by atoms with van der Waals surface area (Å²) in [5.74, 6) is -0.365. The Labute approximate surface area is 125 Å². The summed E-state index contributed by atoms with van der Waals surface area (Å²) in [6.45, 7) is 3.77. The minimum atomic E-state index is -0.318. The lowest BCUT2D eigenvalue weighted by Crippen LogP contribution is -2.21. The fourth-order valence-electron chi connectivity index (χ4n) is 2.30. The molecular formula is C17H21NO3. The van der Waals surface area contributed by atoms with Gasteiger partial charge in [0.15, 0.2) is 6.61 Å². The number of anilines is 1. The van der Waals surface area contributed by atoms with Crippen molar-refractivity contribution in [3.8, 4) is 0 Å². The van der Waals surface area contributed by atoms with E-state index >= 15 is 0 Å². The van der Waals surface area contributed by atoms with Crippen molar-refractivity contribution in [1.29, 1.82) is 0 Å². The first-order valence-electron chi connectivity index (χ1n) is 7.24. The summed E-state index contributed by atoms with van der Waals surface area (Å²) in [7, 11) is 0. The number of carbonyl (C=O) groups is 2. The van der Waals surface area contributed by atoms with Crippen LogP contribution in [0.5, 0.6) is 0 Å². The van der Waals surface area contributed by atoms with E-state index in [4.69, 9.17) is 4.74 Å². The van der Waals surface area contributed by atoms with E-state index < -0.39 is 0 Å². The molecule has 21 heavy (non-hydrogen) atoms. The molecule has 0 aliphatic heterocycles. The van der Waals surface area contributed by atoms with Crippen LogP contribution < -0.4 is 5.32 Å². The van der Waals surface area contributed by atoms with Gasteiger partial charge in [-0.3, -0.25) is 9.59 Å². The van der Waals surface area contributed by atoms with E-state index in [2.05, 4.69) is 11.4 Å². The summed E-state index contributed by atoms with van der Waals surface area (Å²) in [5, 5.41) is 2.73. The first kappa shape index (κ1) is 15.3. The summed E-state index contributed by atoms with van der Waals surface area (Å²) in [5.41, 5.74) is 3.00. The number of amides is 1. The lowest BCUT2D eigenvalue weighted by atomic mass is 10.1. The molecule has 1 atom stereocenters. The van der Waals surface area contributed by atoms with Crippen LogP contribution in [0, 0.1) is 19.8 Å². The molecule has 1 aliphatic carbocycles. The number of hydrogen-bond donors (Lipinski definition) is 1. The third kappa shape index (κ3) is 4.74. The normalized spacial score (nSPS) is 16.8. The Morgan fingerprint density at radius 1 is 1.29 bits per heavy atom. The van der Waals surface area contributed by atoms with Gasteiger partial charge < -0.3 is 10.1 Å². The Balaban J connectivity index is 1.75. The molecule has 0 radical (unpaired) electrons. The van der Waals surface area contributed by atoms with Gasteiger partial charge in [-0.05, 0) is 55.9 Å². The van der Waals surface area contributed by atoms with Gasteiger partial charge in [-0.15, -0.1) is 0 Å². The maximum atomic E-state index is 11.7. The Kier molecular flexibility index (Phi) is 5.14. The van der Waals surface area contributed by atoms with E-state index in [1.807, 2.05) is 38.1 Å². The molecule has 1 N–H and O–H groups in total. The minimum Gasteiger partial charge on any atom is -0.456 e. The predicted molar refractivity (Wildman–Crippen MR) is 82.0 cm³/mol. The van der Waals surface area contributed by atoms with Crippen molar-refractivity contribution in [3.05, 3.63) is 41.5 Å². The van der Waals surface area contributed by atoms with Crippen LogP contribution in [0.15, 0.2) is 30.4 Å². The highest BCUT2D eigenvalue weighted by Gasteiger charge is 2.16. The first-order valence-corrected chi connectivity index (χ1v) is 7.24. The van der Waals surface area contributed by atoms with Gasteiger partial charge in [0, 0.05) is 5.69 Å². The van der Waals surface area contributed by atoms with E-state index in [0.717, 1.165) is 24.1 Å². The van der Waals surface area contributed by atoms with Crippen molar-refractivity contribution >= 4 is 17.6 Å². The zero-order valence-corrected chi connectivity index (χ0v) is 12.5. The van der Waals surface area contributed by atoms with Gasteiger partial charge in [-0.25, -0.2) is 0 Å². The fraction of sp³-hybridized carbons (Fsp3) is 0.412. The fourth-order valence-corrected chi connectivity index (χ4v) is 2.30. The van der Waals surface area contributed by atoms with Gasteiger partial charge in [-0.1, -0.05) is 18.2 Å². The van der Waals surface area contributed by atoms with E-state index in [0.29, 0.717) is 6.42 Å². The molecule has 2 rings (SSSR count). The van der Waals surface area contributed by atoms with Crippen LogP contribution in [-0.4, -0.2) is 18.5 Å². The number of esters is 1. The van der Waals surface area contributed by atoms with Gasteiger partial charge >= 0.3 is 5.97 Å². The smallest absolute Gasteiger partial charge is 0.306 e. The molecule has 0 fully saturated rings. The van der Waals surface area contributed by atoms with Crippen LogP contribution >= 0.6 is 0 Å². The van der Waals surface area contributed by atoms with E-state index in [-0.39, 0.29) is 24.4 Å². The maximum absolute atomic E-state index is 11.7. The van der Waals surface area contributed by atoms with Crippen LogP contribution in [0.3, 0.4) is 0 Å². The van der Waals surface area contributed by atoms with E-state index in [1.54, 1.807) is 0 Å². The first-order chi connectivity index (χ1) is 10.0. The molecule has 4 heteroatoms. The topological polar surface area (TPSA) is 55.4 Å². The second kappa shape index (κ2) is 7.07. The molecule has 0 saturated carbocycles. The van der Waals surface area contributed by atoms with Gasteiger partial charge in [0.25, 0.3) is 5.91 Å². The molecule has 4 nitrogen and oxygen atoms in total. The Bertz CT molecular complexity index is 563. The molecule has 0 unspecified atom stereocenters. The molecule has 0 bridgehead atoms. The molecule has 0 aromatic heterocycles. The number of hydrogen-bond acceptors (Lipinski definition) is 3. The average Bonchev–Trinajstić information content (AvgIpc) is 2.93. The van der Waals surface area contributed by atoms with Crippen LogP contribution in [-0.2, 0) is 14.3 Å². The van der Waals surface area contributed by atoms with Crippen molar-refractivity contribution in [1.82, 2.24) is 0 Å². The van der Waals surface area contributed by atoms with E-state index in [1.165, 1.54) is 5.56 Å². The third-order valence-corrected chi connectivity index (χ3v) is 3.70. The number of aryl methyl sites for hydroxylation is 2. The number of carbonyl (C=O) groups excluding carboxylic acids is 2. The number of benzene rings is 1. The molecular weight excluding hydrogens is 266 g/mol. The molecule has 0 heterocycles. The Hall–Kier alpha value is -2.10. The molecule has 0 saturated heterocycles. The molecule has 1 aromatic rings. The minimum absolute atomic E-state index is 0.234. The lowest BCUT2D eigenvalue weighted by Gasteiger charge is -2.09. The Morgan fingerprint density at radius 3 is 2.76 bits per heavy atom. The summed E-state index contributed by atoms with van der Waals surface area (Å²) < 4.78 is 5.01. The van der Waals surface area contributed by atoms with Crippen LogP contribution in [0.4, 0.5) is 5.69 Å². The second-order valence-corrected chi connectivity index (χ2v) is 5.48. The Morgan fingerprint density at radius 2 is 2.10 bits per heavy atom. The van der Waals surface area contributed by atoms with E-state index in [9.17, 15) is 9.59 Å². The van der Waals surface area contributed by atoms with Crippen molar-refractivity contribution in [2.45, 2.75) is 33.1 Å². The highest BCUT2D eigenvalue weighted by atomic mass is 16.5. The van der Waals surface area contributed by atoms with Crippen LogP contribution in [0.1, 0.15) is 30.4 Å². The number of ether oxygens (including phenoxy) is 1. The highest BCUT2D eigenvalue weighted by molar-refractivity contribution is 5.92. The number of allylic oxidation sites excluding steroid dienone is 2. The zero-order valence-electron chi connectivity index (χ0n) is 12.5. The monoisotopic (exact) mass is 287 g/mol. The van der Waals surface area contributed by atoms with Gasteiger partial charge in [0.05, 0.1) is 6.42 Å². The van der Waals surface area contributed by atoms with Crippen LogP contribution in [0.25, 0.3) is 0 Å². The highest BCUT2D eigenvalue weighted by Crippen LogP contribution is 2.20. The molecule has 112 valence electrons. The average molecular weight is 287 g/mol. The summed E-state index contributed by atoms with van der Waals surface area (Å²) in [6.07, 6.45) is 6.48. The molecule has 0 spiro atoms. The maximum Gasteiger partial charge on any atom is 0.306 e. The van der Waals surface area contributed by atoms with Gasteiger partial charge in [0.2, 0.25) is 0 Å². The lowest BCUT2D eigenvalue weighted by molar-refractivity contribution is -0.147. The predicted octanol–water partition coefficient (Wildman–Crippen LogP) is 3.14. The summed E-state index contributed by atoms with van der Waals surface area (Å²) in [6, 6.07) is 5.69. The molecule has 1 aromatic carbocycles. The van der Waals surface area contributed by atoms with Crippen molar-refractivity contribution < 1.29 is 14.3 Å². The zero-order chi connectivity index (χ0) is 15.2. The van der Waals surface area contributed by atoms with Crippen molar-refractivity contribution in [3.63, 3.8) is 0 Å². The third-order valence-electron chi connectivity index (χ3n) is 3.70. The van der Waals surface area contributed by atoms with Crippen LogP contribution in [0.2, 0.25) is 0 Å². The summed E-state index contributed by atoms with van der Waals surface area (Å²) in [4.78, 5) is 23.4. The van der Waals surface area contributed by atoms with Crippen molar-refractivity contribution in [2.75, 3.05) is 11.9 Å². The molecule has 1 amide bonds. The second-order valence-electron chi connectivity index (χ2n) is 5.48. The summed E-state index contributed by atoms with van der Waals surface area (Å²) >= 11 is 0. The number of rotatable bonds is 5. The van der Waals surface area contributed by atoms with Gasteiger partial charge in [-0.2, -0.15) is 0 Å². The molecule has 1 aliphatic rings. The standard InChI is InChI=1S/C17H21NO3/c1-12-7-8-15(9-13(12)2)18-16(19)11-21-17(20)10-14-5-3-4-6-14/h3,5,7-9,14H,4,6,10-11H2,1-2H3,(H,18,19)/t14-/m0/s1. The quantitative estimate of drug-likeness (QED) is 0.668. The largest absolute Gasteiger partial charge is 0.456 e. The van der Waals surface area contributed by atoms with Gasteiger partial charge in [0.1, 0.15) is 0 Å². The number of nitrogens with one attached hydrogen (secondary N) is 1. The van der Waals surface area contributed by atoms with Crippen molar-refractivity contribution in [2.24, 2.45) is 5.92 Å². The SMILES string of the molecule is Cc1ccc(NC(=O)COC(=O)C[C@H]2C=CCC2)cc1C.